The molecular formula is C11H8Cl2N4OS. The molecule has 0 unspecified atom stereocenters. The van der Waals surface area contributed by atoms with Crippen LogP contribution in [0.5, 0.6) is 0 Å². The van der Waals surface area contributed by atoms with E-state index >= 15 is 0 Å². The van der Waals surface area contributed by atoms with Crippen LogP contribution in [0.3, 0.4) is 0 Å². The highest BCUT2D eigenvalue weighted by Crippen LogP contribution is 2.21. The molecule has 0 aliphatic carbocycles. The summed E-state index contributed by atoms with van der Waals surface area (Å²) < 4.78 is 1.17. The molecule has 0 atom stereocenters. The van der Waals surface area contributed by atoms with Crippen molar-refractivity contribution in [1.29, 1.82) is 0 Å². The van der Waals surface area contributed by atoms with Crippen LogP contribution in [0.1, 0.15) is 11.3 Å². The third-order valence-corrected chi connectivity index (χ3v) is 3.28. The average Bonchev–Trinajstić information content (AvgIpc) is 2.38. The van der Waals surface area contributed by atoms with Crippen LogP contribution in [0.25, 0.3) is 0 Å². The van der Waals surface area contributed by atoms with Crippen molar-refractivity contribution in [3.8, 4) is 0 Å². The van der Waals surface area contributed by atoms with Crippen LogP contribution in [-0.2, 0) is 0 Å². The molecule has 0 spiro atoms. The highest BCUT2D eigenvalue weighted by Gasteiger charge is 2.01. The molecule has 1 heterocycles. The van der Waals surface area contributed by atoms with Gasteiger partial charge in [-0.15, -0.1) is 0 Å². The first-order valence-electron chi connectivity index (χ1n) is 5.17. The van der Waals surface area contributed by atoms with E-state index in [9.17, 15) is 4.79 Å². The first kappa shape index (κ1) is 13.9. The van der Waals surface area contributed by atoms with Gasteiger partial charge in [-0.3, -0.25) is 9.89 Å². The zero-order chi connectivity index (χ0) is 14.0. The highest BCUT2D eigenvalue weighted by molar-refractivity contribution is 7.71. The van der Waals surface area contributed by atoms with Crippen LogP contribution < -0.4 is 5.56 Å². The molecule has 0 radical (unpaired) electrons. The lowest BCUT2D eigenvalue weighted by Gasteiger charge is -2.00. The molecule has 0 aliphatic rings. The van der Waals surface area contributed by atoms with Crippen LogP contribution in [0.15, 0.2) is 28.1 Å². The monoisotopic (exact) mass is 314 g/mol. The lowest BCUT2D eigenvalue weighted by Crippen LogP contribution is -2.22. The number of H-pyrrole nitrogens is 1. The van der Waals surface area contributed by atoms with E-state index < -0.39 is 0 Å². The number of halogens is 2. The highest BCUT2D eigenvalue weighted by atomic mass is 35.5. The van der Waals surface area contributed by atoms with E-state index in [1.165, 1.54) is 6.21 Å². The molecule has 19 heavy (non-hydrogen) atoms. The molecule has 0 bridgehead atoms. The molecule has 1 N–H and O–H groups in total. The van der Waals surface area contributed by atoms with Crippen molar-refractivity contribution in [3.63, 3.8) is 0 Å². The number of nitrogens with zero attached hydrogens (tertiary/aromatic N) is 3. The Balaban J connectivity index is 2.43. The van der Waals surface area contributed by atoms with Gasteiger partial charge in [-0.2, -0.15) is 14.9 Å². The van der Waals surface area contributed by atoms with Crippen molar-refractivity contribution in [3.05, 3.63) is 54.6 Å². The maximum absolute atomic E-state index is 11.8. The Labute approximate surface area is 123 Å². The van der Waals surface area contributed by atoms with Crippen LogP contribution in [0, 0.1) is 11.7 Å². The quantitative estimate of drug-likeness (QED) is 0.685. The maximum atomic E-state index is 11.8. The number of nitrogens with one attached hydrogen (secondary N) is 1. The molecule has 0 saturated heterocycles. The van der Waals surface area contributed by atoms with E-state index in [2.05, 4.69) is 15.3 Å². The first-order valence-corrected chi connectivity index (χ1v) is 6.33. The molecule has 2 rings (SSSR count). The van der Waals surface area contributed by atoms with Crippen LogP contribution in [0.2, 0.25) is 10.0 Å². The number of hydrogen-bond acceptors (Lipinski definition) is 4. The molecule has 1 aromatic carbocycles. The molecule has 0 amide bonds. The predicted octanol–water partition coefficient (Wildman–Crippen LogP) is 2.80. The minimum atomic E-state index is -0.375. The van der Waals surface area contributed by atoms with Gasteiger partial charge in [0.15, 0.2) is 0 Å². The number of aromatic amines is 1. The number of rotatable bonds is 2. The van der Waals surface area contributed by atoms with E-state index in [1.54, 1.807) is 25.1 Å². The second-order valence-electron chi connectivity index (χ2n) is 3.65. The third-order valence-electron chi connectivity index (χ3n) is 2.28. The lowest BCUT2D eigenvalue weighted by molar-refractivity contribution is 0.720. The fourth-order valence-corrected chi connectivity index (χ4v) is 1.78. The van der Waals surface area contributed by atoms with Gasteiger partial charge in [-0.1, -0.05) is 29.3 Å². The Morgan fingerprint density at radius 1 is 1.42 bits per heavy atom. The van der Waals surface area contributed by atoms with Gasteiger partial charge in [0.05, 0.1) is 16.3 Å². The van der Waals surface area contributed by atoms with E-state index in [1.807, 2.05) is 0 Å². The van der Waals surface area contributed by atoms with Crippen molar-refractivity contribution < 1.29 is 0 Å². The molecule has 0 fully saturated rings. The normalized spacial score (nSPS) is 11.1. The van der Waals surface area contributed by atoms with Crippen molar-refractivity contribution >= 4 is 41.6 Å². The third kappa shape index (κ3) is 3.09. The second kappa shape index (κ2) is 5.64. The maximum Gasteiger partial charge on any atom is 0.296 e. The first-order chi connectivity index (χ1) is 8.99. The van der Waals surface area contributed by atoms with Crippen LogP contribution in [0.4, 0.5) is 0 Å². The summed E-state index contributed by atoms with van der Waals surface area (Å²) in [5.74, 6) is 0. The van der Waals surface area contributed by atoms with Gasteiger partial charge in [-0.05, 0) is 36.8 Å². The Kier molecular flexibility index (Phi) is 4.14. The SMILES string of the molecule is Cc1n[nH]c(=S)n(N=Cc2ccc(Cl)c(Cl)c2)c1=O. The van der Waals surface area contributed by atoms with Gasteiger partial charge >= 0.3 is 0 Å². The molecule has 2 aromatic rings. The van der Waals surface area contributed by atoms with Crippen molar-refractivity contribution in [2.75, 3.05) is 0 Å². The number of aryl methyl sites for hydroxylation is 1. The predicted molar refractivity (Wildman–Crippen MR) is 77.9 cm³/mol. The standard InChI is InChI=1S/C11H8Cl2N4OS/c1-6-10(18)17(11(19)16-15-6)14-5-7-2-3-8(12)9(13)4-7/h2-5H,1H3,(H,16,19). The van der Waals surface area contributed by atoms with Gasteiger partial charge < -0.3 is 0 Å². The van der Waals surface area contributed by atoms with Gasteiger partial charge in [0.2, 0.25) is 4.77 Å². The van der Waals surface area contributed by atoms with Crippen molar-refractivity contribution in [2.24, 2.45) is 5.10 Å². The summed E-state index contributed by atoms with van der Waals surface area (Å²) in [5, 5.41) is 11.1. The van der Waals surface area contributed by atoms with E-state index in [4.69, 9.17) is 35.4 Å². The van der Waals surface area contributed by atoms with Gasteiger partial charge in [0, 0.05) is 0 Å². The summed E-state index contributed by atoms with van der Waals surface area (Å²) in [4.78, 5) is 11.8. The summed E-state index contributed by atoms with van der Waals surface area (Å²) in [5.41, 5.74) is 0.602. The van der Waals surface area contributed by atoms with E-state index in [0.717, 1.165) is 4.68 Å². The average molecular weight is 315 g/mol. The summed E-state index contributed by atoms with van der Waals surface area (Å²) in [6.07, 6.45) is 1.46. The molecular weight excluding hydrogens is 307 g/mol. The largest absolute Gasteiger partial charge is 0.296 e. The molecule has 8 heteroatoms. The van der Waals surface area contributed by atoms with E-state index in [0.29, 0.717) is 15.6 Å². The van der Waals surface area contributed by atoms with E-state index in [-0.39, 0.29) is 16.0 Å². The molecule has 98 valence electrons. The Bertz CT molecular complexity index is 766. The fraction of sp³-hybridized carbons (Fsp3) is 0.0909. The summed E-state index contributed by atoms with van der Waals surface area (Å²) >= 11 is 16.6. The molecule has 1 aromatic heterocycles. The van der Waals surface area contributed by atoms with Crippen LogP contribution in [-0.4, -0.2) is 21.1 Å². The molecule has 0 saturated carbocycles. The Hall–Kier alpha value is -1.50. The van der Waals surface area contributed by atoms with Crippen molar-refractivity contribution in [1.82, 2.24) is 14.9 Å². The zero-order valence-electron chi connectivity index (χ0n) is 9.72. The smallest absolute Gasteiger partial charge is 0.265 e. The number of benzene rings is 1. The number of hydrogen-bond donors (Lipinski definition) is 1. The second-order valence-corrected chi connectivity index (χ2v) is 4.85. The van der Waals surface area contributed by atoms with Crippen LogP contribution >= 0.6 is 35.4 Å². The fourth-order valence-electron chi connectivity index (χ4n) is 1.29. The van der Waals surface area contributed by atoms with Gasteiger partial charge in [-0.25, -0.2) is 0 Å². The minimum absolute atomic E-state index is 0.118. The van der Waals surface area contributed by atoms with Gasteiger partial charge in [0.25, 0.3) is 5.56 Å². The summed E-state index contributed by atoms with van der Waals surface area (Å²) in [7, 11) is 0. The molecule has 5 nitrogen and oxygen atoms in total. The summed E-state index contributed by atoms with van der Waals surface area (Å²) in [6, 6.07) is 5.01. The topological polar surface area (TPSA) is 63.0 Å². The van der Waals surface area contributed by atoms with Gasteiger partial charge in [0.1, 0.15) is 5.69 Å². The minimum Gasteiger partial charge on any atom is -0.265 e. The van der Waals surface area contributed by atoms with Crippen molar-refractivity contribution in [2.45, 2.75) is 6.92 Å². The molecule has 0 aliphatic heterocycles. The summed E-state index contributed by atoms with van der Waals surface area (Å²) in [6.45, 7) is 1.57. The lowest BCUT2D eigenvalue weighted by atomic mass is 10.2. The number of aromatic nitrogens is 3. The Morgan fingerprint density at radius 2 is 2.16 bits per heavy atom. The zero-order valence-corrected chi connectivity index (χ0v) is 12.1. The Morgan fingerprint density at radius 3 is 2.84 bits per heavy atom.